The molecule has 0 atom stereocenters. The molecule has 4 aromatic rings. The van der Waals surface area contributed by atoms with Crippen LogP contribution in [0.1, 0.15) is 10.5 Å². The number of nitrogens with zero attached hydrogens (tertiary/aromatic N) is 4. The minimum atomic E-state index is -1.06. The van der Waals surface area contributed by atoms with Gasteiger partial charge in [0.05, 0.1) is 16.9 Å². The number of aryl methyl sites for hydroxylation is 1. The van der Waals surface area contributed by atoms with Crippen molar-refractivity contribution in [3.05, 3.63) is 64.9 Å². The van der Waals surface area contributed by atoms with E-state index in [1.165, 1.54) is 0 Å². The van der Waals surface area contributed by atoms with Crippen LogP contribution in [0.15, 0.2) is 59.2 Å². The molecule has 0 fully saturated rings. The van der Waals surface area contributed by atoms with Crippen LogP contribution in [0.2, 0.25) is 0 Å². The average molecular weight is 397 g/mol. The van der Waals surface area contributed by atoms with Gasteiger partial charge in [0.25, 0.3) is 0 Å². The van der Waals surface area contributed by atoms with Crippen LogP contribution >= 0.6 is 15.9 Å². The van der Waals surface area contributed by atoms with Gasteiger partial charge in [0.1, 0.15) is 0 Å². The fourth-order valence-corrected chi connectivity index (χ4v) is 3.20. The van der Waals surface area contributed by atoms with Crippen LogP contribution in [0.3, 0.4) is 0 Å². The van der Waals surface area contributed by atoms with E-state index >= 15 is 0 Å². The van der Waals surface area contributed by atoms with Gasteiger partial charge in [0, 0.05) is 28.7 Å². The van der Waals surface area contributed by atoms with Gasteiger partial charge in [-0.05, 0) is 36.4 Å². The molecule has 0 aliphatic rings. The quantitative estimate of drug-likeness (QED) is 0.570. The second-order valence-electron chi connectivity index (χ2n) is 5.65. The molecule has 0 radical (unpaired) electrons. The standard InChI is InChI=1S/C18H13BrN4O2/c1-22-8-7-15(20-22)11-5-6-16-14(9-11)17(18(24)25)21-23(16)13-4-2-3-12(19)10-13/h2-10H,1H3,(H,24,25). The molecule has 2 aromatic heterocycles. The molecule has 0 saturated carbocycles. The maximum Gasteiger partial charge on any atom is 0.357 e. The lowest BCUT2D eigenvalue weighted by atomic mass is 10.1. The van der Waals surface area contributed by atoms with Crippen LogP contribution in [0.4, 0.5) is 0 Å². The first kappa shape index (κ1) is 15.6. The minimum Gasteiger partial charge on any atom is -0.476 e. The third-order valence-electron chi connectivity index (χ3n) is 3.94. The topological polar surface area (TPSA) is 72.9 Å². The van der Waals surface area contributed by atoms with Gasteiger partial charge < -0.3 is 5.11 Å². The fourth-order valence-electron chi connectivity index (χ4n) is 2.81. The van der Waals surface area contributed by atoms with Crippen molar-refractivity contribution >= 4 is 32.8 Å². The Kier molecular flexibility index (Phi) is 3.65. The number of hydrogen-bond acceptors (Lipinski definition) is 3. The van der Waals surface area contributed by atoms with E-state index in [1.807, 2.05) is 61.8 Å². The largest absolute Gasteiger partial charge is 0.476 e. The Hall–Kier alpha value is -2.93. The predicted molar refractivity (Wildman–Crippen MR) is 97.9 cm³/mol. The van der Waals surface area contributed by atoms with Gasteiger partial charge in [-0.3, -0.25) is 4.68 Å². The van der Waals surface area contributed by atoms with Gasteiger partial charge in [-0.25, -0.2) is 9.48 Å². The zero-order valence-corrected chi connectivity index (χ0v) is 14.8. The second-order valence-corrected chi connectivity index (χ2v) is 6.57. The van der Waals surface area contributed by atoms with Crippen LogP contribution in [-0.4, -0.2) is 30.6 Å². The Bertz CT molecular complexity index is 1110. The summed E-state index contributed by atoms with van der Waals surface area (Å²) in [5.74, 6) is -1.06. The highest BCUT2D eigenvalue weighted by atomic mass is 79.9. The van der Waals surface area contributed by atoms with Gasteiger partial charge >= 0.3 is 5.97 Å². The van der Waals surface area contributed by atoms with Crippen LogP contribution in [0.25, 0.3) is 27.8 Å². The molecule has 25 heavy (non-hydrogen) atoms. The number of aromatic carboxylic acids is 1. The smallest absolute Gasteiger partial charge is 0.357 e. The summed E-state index contributed by atoms with van der Waals surface area (Å²) in [7, 11) is 1.84. The number of aromatic nitrogens is 4. The Morgan fingerprint density at radius 2 is 1.96 bits per heavy atom. The van der Waals surface area contributed by atoms with Crippen LogP contribution in [0.5, 0.6) is 0 Å². The molecular formula is C18H13BrN4O2. The average Bonchev–Trinajstić information content (AvgIpc) is 3.18. The van der Waals surface area contributed by atoms with Crippen molar-refractivity contribution in [1.29, 1.82) is 0 Å². The van der Waals surface area contributed by atoms with Crippen molar-refractivity contribution in [1.82, 2.24) is 19.6 Å². The summed E-state index contributed by atoms with van der Waals surface area (Å²) < 4.78 is 4.25. The molecule has 0 aliphatic carbocycles. The molecule has 0 saturated heterocycles. The number of fused-ring (bicyclic) bond motifs is 1. The van der Waals surface area contributed by atoms with E-state index in [1.54, 1.807) is 9.36 Å². The molecule has 0 bridgehead atoms. The maximum absolute atomic E-state index is 11.7. The Balaban J connectivity index is 1.96. The van der Waals surface area contributed by atoms with Gasteiger partial charge in [0.2, 0.25) is 0 Å². The second kappa shape index (κ2) is 5.86. The van der Waals surface area contributed by atoms with Crippen molar-refractivity contribution in [3.63, 3.8) is 0 Å². The monoisotopic (exact) mass is 396 g/mol. The van der Waals surface area contributed by atoms with Gasteiger partial charge in [-0.1, -0.05) is 28.1 Å². The molecular weight excluding hydrogens is 384 g/mol. The summed E-state index contributed by atoms with van der Waals surface area (Å²) in [5.41, 5.74) is 3.18. The van der Waals surface area contributed by atoms with E-state index in [0.29, 0.717) is 5.39 Å². The highest BCUT2D eigenvalue weighted by Gasteiger charge is 2.18. The summed E-state index contributed by atoms with van der Waals surface area (Å²) in [6, 6.07) is 15.1. The molecule has 6 nitrogen and oxygen atoms in total. The van der Waals surface area contributed by atoms with Gasteiger partial charge in [0.15, 0.2) is 5.69 Å². The first-order valence-electron chi connectivity index (χ1n) is 7.55. The lowest BCUT2D eigenvalue weighted by Crippen LogP contribution is -2.01. The maximum atomic E-state index is 11.7. The van der Waals surface area contributed by atoms with Crippen LogP contribution in [0, 0.1) is 0 Å². The van der Waals surface area contributed by atoms with Crippen molar-refractivity contribution < 1.29 is 9.90 Å². The molecule has 2 aromatic carbocycles. The Labute approximate surface area is 151 Å². The fraction of sp³-hybridized carbons (Fsp3) is 0.0556. The van der Waals surface area contributed by atoms with Gasteiger partial charge in [-0.2, -0.15) is 10.2 Å². The molecule has 124 valence electrons. The van der Waals surface area contributed by atoms with Crippen molar-refractivity contribution in [2.75, 3.05) is 0 Å². The van der Waals surface area contributed by atoms with E-state index in [4.69, 9.17) is 0 Å². The number of halogens is 1. The Morgan fingerprint density at radius 1 is 1.12 bits per heavy atom. The van der Waals surface area contributed by atoms with Crippen molar-refractivity contribution in [2.45, 2.75) is 0 Å². The number of hydrogen-bond donors (Lipinski definition) is 1. The highest BCUT2D eigenvalue weighted by Crippen LogP contribution is 2.28. The van der Waals surface area contributed by atoms with Crippen molar-refractivity contribution in [3.8, 4) is 16.9 Å². The normalized spacial score (nSPS) is 11.1. The molecule has 0 spiro atoms. The molecule has 7 heteroatoms. The lowest BCUT2D eigenvalue weighted by Gasteiger charge is -2.04. The first-order chi connectivity index (χ1) is 12.0. The highest BCUT2D eigenvalue weighted by molar-refractivity contribution is 9.10. The summed E-state index contributed by atoms with van der Waals surface area (Å²) in [5, 5.41) is 18.8. The van der Waals surface area contributed by atoms with E-state index in [9.17, 15) is 9.90 Å². The zero-order valence-electron chi connectivity index (χ0n) is 13.2. The number of rotatable bonds is 3. The summed E-state index contributed by atoms with van der Waals surface area (Å²) in [4.78, 5) is 11.7. The van der Waals surface area contributed by atoms with Crippen LogP contribution in [-0.2, 0) is 7.05 Å². The molecule has 0 amide bonds. The summed E-state index contributed by atoms with van der Waals surface area (Å²) in [6.07, 6.45) is 1.85. The van der Waals surface area contributed by atoms with E-state index in [-0.39, 0.29) is 5.69 Å². The number of carbonyl (C=O) groups is 1. The predicted octanol–water partition coefficient (Wildman–Crippen LogP) is 3.89. The first-order valence-corrected chi connectivity index (χ1v) is 8.34. The molecule has 1 N–H and O–H groups in total. The summed E-state index contributed by atoms with van der Waals surface area (Å²) >= 11 is 3.44. The number of carboxylic acid groups (broad SMARTS) is 1. The summed E-state index contributed by atoms with van der Waals surface area (Å²) in [6.45, 7) is 0. The SMILES string of the molecule is Cn1ccc(-c2ccc3c(c2)c(C(=O)O)nn3-c2cccc(Br)c2)n1. The third kappa shape index (κ3) is 2.72. The number of benzene rings is 2. The molecule has 0 aliphatic heterocycles. The Morgan fingerprint density at radius 3 is 2.64 bits per heavy atom. The molecule has 4 rings (SSSR count). The van der Waals surface area contributed by atoms with E-state index < -0.39 is 5.97 Å². The van der Waals surface area contributed by atoms with Gasteiger partial charge in [-0.15, -0.1) is 0 Å². The molecule has 0 unspecified atom stereocenters. The number of carboxylic acids is 1. The lowest BCUT2D eigenvalue weighted by molar-refractivity contribution is 0.0692. The van der Waals surface area contributed by atoms with Crippen molar-refractivity contribution in [2.24, 2.45) is 7.05 Å². The molecule has 2 heterocycles. The van der Waals surface area contributed by atoms with Crippen LogP contribution < -0.4 is 0 Å². The minimum absolute atomic E-state index is 0.0211. The van der Waals surface area contributed by atoms with E-state index in [2.05, 4.69) is 26.1 Å². The van der Waals surface area contributed by atoms with E-state index in [0.717, 1.165) is 26.9 Å². The zero-order chi connectivity index (χ0) is 17.6. The third-order valence-corrected chi connectivity index (χ3v) is 4.44.